The molecular weight excluding hydrogens is 398 g/mol. The zero-order valence-corrected chi connectivity index (χ0v) is 15.8. The number of aromatic nitrogens is 1. The molecule has 0 atom stereocenters. The minimum absolute atomic E-state index is 0.0781. The number of alkyl halides is 2. The van der Waals surface area contributed by atoms with Crippen LogP contribution in [0.4, 0.5) is 8.78 Å². The maximum atomic E-state index is 12.3. The fourth-order valence-electron chi connectivity index (χ4n) is 2.31. The van der Waals surface area contributed by atoms with Crippen molar-refractivity contribution in [2.45, 2.75) is 18.4 Å². The minimum atomic E-state index is -2.86. The quantitative estimate of drug-likeness (QED) is 0.520. The number of ether oxygens (including phenoxy) is 1. The van der Waals surface area contributed by atoms with Crippen LogP contribution in [0.5, 0.6) is 5.75 Å². The van der Waals surface area contributed by atoms with Gasteiger partial charge in [-0.2, -0.15) is 8.78 Å². The number of rotatable bonds is 7. The molecule has 0 spiro atoms. The Bertz CT molecular complexity index is 934. The molecule has 1 heterocycles. The number of hydrogen-bond acceptors (Lipinski definition) is 5. The average molecular weight is 413 g/mol. The lowest BCUT2D eigenvalue weighted by Crippen LogP contribution is -2.27. The Kier molecular flexibility index (Phi) is 6.18. The molecule has 5 nitrogen and oxygen atoms in total. The van der Waals surface area contributed by atoms with Crippen LogP contribution in [0.15, 0.2) is 52.1 Å². The van der Waals surface area contributed by atoms with Crippen molar-refractivity contribution in [3.63, 3.8) is 0 Å². The molecule has 1 aromatic heterocycles. The number of nitrogens with zero attached hydrogens (tertiary/aromatic N) is 2. The molecule has 0 saturated carbocycles. The molecule has 2 aromatic carbocycles. The molecule has 0 aliphatic heterocycles. The van der Waals surface area contributed by atoms with Crippen molar-refractivity contribution in [2.75, 3.05) is 12.8 Å². The third kappa shape index (κ3) is 5.33. The molecule has 0 unspecified atom stereocenters. The van der Waals surface area contributed by atoms with E-state index in [-0.39, 0.29) is 17.4 Å². The topological polar surface area (TPSA) is 55.6 Å². The fourth-order valence-corrected chi connectivity index (χ4v) is 3.26. The molecule has 0 radical (unpaired) electrons. The van der Waals surface area contributed by atoms with Gasteiger partial charge in [-0.25, -0.2) is 4.98 Å². The number of halogens is 3. The Morgan fingerprint density at radius 1 is 1.30 bits per heavy atom. The van der Waals surface area contributed by atoms with E-state index >= 15 is 0 Å². The predicted molar refractivity (Wildman–Crippen MR) is 99.3 cm³/mol. The van der Waals surface area contributed by atoms with Crippen molar-refractivity contribution in [3.05, 3.63) is 53.1 Å². The third-order valence-electron chi connectivity index (χ3n) is 3.64. The fraction of sp³-hybridized carbons (Fsp3) is 0.222. The molecule has 142 valence electrons. The van der Waals surface area contributed by atoms with Crippen LogP contribution < -0.4 is 4.74 Å². The van der Waals surface area contributed by atoms with Crippen LogP contribution in [0.25, 0.3) is 11.1 Å². The van der Waals surface area contributed by atoms with Crippen molar-refractivity contribution >= 4 is 40.4 Å². The largest absolute Gasteiger partial charge is 0.435 e. The highest BCUT2D eigenvalue weighted by Gasteiger charge is 2.14. The first kappa shape index (κ1) is 19.4. The smallest absolute Gasteiger partial charge is 0.387 e. The average Bonchev–Trinajstić information content (AvgIpc) is 3.02. The van der Waals surface area contributed by atoms with Crippen LogP contribution >= 0.6 is 23.4 Å². The van der Waals surface area contributed by atoms with Crippen molar-refractivity contribution in [2.24, 2.45) is 0 Å². The molecule has 0 saturated heterocycles. The van der Waals surface area contributed by atoms with Gasteiger partial charge in [0.05, 0.1) is 5.75 Å². The molecule has 9 heteroatoms. The number of amides is 1. The maximum absolute atomic E-state index is 12.3. The second kappa shape index (κ2) is 8.58. The van der Waals surface area contributed by atoms with E-state index in [1.165, 1.54) is 28.8 Å². The van der Waals surface area contributed by atoms with E-state index < -0.39 is 6.61 Å². The number of fused-ring (bicyclic) bond motifs is 1. The number of carbonyl (C=O) groups excluding carboxylic acids is 1. The number of benzene rings is 2. The van der Waals surface area contributed by atoms with Crippen LogP contribution in [0, 0.1) is 0 Å². The zero-order chi connectivity index (χ0) is 19.4. The van der Waals surface area contributed by atoms with E-state index in [0.717, 1.165) is 5.56 Å². The molecule has 0 aliphatic rings. The van der Waals surface area contributed by atoms with Gasteiger partial charge < -0.3 is 14.1 Å². The third-order valence-corrected chi connectivity index (χ3v) is 4.69. The lowest BCUT2D eigenvalue weighted by atomic mass is 10.2. The van der Waals surface area contributed by atoms with E-state index in [4.69, 9.17) is 16.0 Å². The molecule has 0 fully saturated rings. The van der Waals surface area contributed by atoms with Gasteiger partial charge in [0, 0.05) is 18.6 Å². The highest BCUT2D eigenvalue weighted by atomic mass is 35.5. The predicted octanol–water partition coefficient (Wildman–Crippen LogP) is 4.83. The number of hydrogen-bond donors (Lipinski definition) is 0. The first-order valence-electron chi connectivity index (χ1n) is 7.87. The molecule has 3 rings (SSSR count). The van der Waals surface area contributed by atoms with Gasteiger partial charge in [-0.15, -0.1) is 0 Å². The lowest BCUT2D eigenvalue weighted by molar-refractivity contribution is -0.127. The van der Waals surface area contributed by atoms with Crippen LogP contribution in [-0.4, -0.2) is 35.2 Å². The van der Waals surface area contributed by atoms with E-state index in [2.05, 4.69) is 9.72 Å². The first-order chi connectivity index (χ1) is 12.9. The van der Waals surface area contributed by atoms with Gasteiger partial charge in [0.2, 0.25) is 5.91 Å². The van der Waals surface area contributed by atoms with Crippen LogP contribution in [0.2, 0.25) is 5.02 Å². The van der Waals surface area contributed by atoms with Gasteiger partial charge in [-0.05, 0) is 35.9 Å². The van der Waals surface area contributed by atoms with Gasteiger partial charge in [-0.1, -0.05) is 35.5 Å². The lowest BCUT2D eigenvalue weighted by Gasteiger charge is -2.17. The van der Waals surface area contributed by atoms with E-state index in [0.29, 0.717) is 27.9 Å². The van der Waals surface area contributed by atoms with Gasteiger partial charge in [0.1, 0.15) is 11.3 Å². The summed E-state index contributed by atoms with van der Waals surface area (Å²) in [6.07, 6.45) is 0. The van der Waals surface area contributed by atoms with Crippen LogP contribution in [-0.2, 0) is 11.3 Å². The molecular formula is C18H15ClF2N2O3S. The Morgan fingerprint density at radius 2 is 2.04 bits per heavy atom. The molecule has 3 aromatic rings. The number of thioether (sulfide) groups is 1. The highest BCUT2D eigenvalue weighted by molar-refractivity contribution is 7.99. The summed E-state index contributed by atoms with van der Waals surface area (Å²) in [5, 5.41) is 0.954. The number of carbonyl (C=O) groups is 1. The highest BCUT2D eigenvalue weighted by Crippen LogP contribution is 2.26. The van der Waals surface area contributed by atoms with Crippen molar-refractivity contribution in [1.29, 1.82) is 0 Å². The Morgan fingerprint density at radius 3 is 2.74 bits per heavy atom. The van der Waals surface area contributed by atoms with E-state index in [9.17, 15) is 13.6 Å². The minimum Gasteiger partial charge on any atom is -0.435 e. The number of oxazole rings is 1. The standard InChI is InChI=1S/C18H15ClF2N2O3S/c1-23(9-11-2-5-13(6-3-11)25-17(20)21)16(24)10-27-18-22-14-8-12(19)4-7-15(14)26-18/h2-8,17H,9-10H2,1H3. The maximum Gasteiger partial charge on any atom is 0.387 e. The second-order valence-corrected chi connectivity index (χ2v) is 7.02. The summed E-state index contributed by atoms with van der Waals surface area (Å²) in [6.45, 7) is -2.52. The van der Waals surface area contributed by atoms with Crippen LogP contribution in [0.3, 0.4) is 0 Å². The second-order valence-electron chi connectivity index (χ2n) is 5.65. The van der Waals surface area contributed by atoms with Crippen molar-refractivity contribution in [1.82, 2.24) is 9.88 Å². The van der Waals surface area contributed by atoms with Crippen LogP contribution in [0.1, 0.15) is 5.56 Å². The summed E-state index contributed by atoms with van der Waals surface area (Å²) in [4.78, 5) is 18.1. The summed E-state index contributed by atoms with van der Waals surface area (Å²) in [7, 11) is 1.66. The summed E-state index contributed by atoms with van der Waals surface area (Å²) >= 11 is 7.11. The zero-order valence-electron chi connectivity index (χ0n) is 14.2. The van der Waals surface area contributed by atoms with E-state index in [1.807, 2.05) is 0 Å². The first-order valence-corrected chi connectivity index (χ1v) is 9.23. The summed E-state index contributed by atoms with van der Waals surface area (Å²) in [5.41, 5.74) is 2.04. The van der Waals surface area contributed by atoms with Crippen molar-refractivity contribution < 1.29 is 22.7 Å². The SMILES string of the molecule is CN(Cc1ccc(OC(F)F)cc1)C(=O)CSc1nc2cc(Cl)ccc2o1. The molecule has 1 amide bonds. The Balaban J connectivity index is 1.53. The summed E-state index contributed by atoms with van der Waals surface area (Å²) in [5.74, 6) is 0.117. The van der Waals surface area contributed by atoms with Gasteiger partial charge >= 0.3 is 6.61 Å². The molecule has 0 N–H and O–H groups in total. The molecule has 0 aliphatic carbocycles. The van der Waals surface area contributed by atoms with E-state index in [1.54, 1.807) is 37.4 Å². The monoisotopic (exact) mass is 412 g/mol. The Hall–Kier alpha value is -2.32. The summed E-state index contributed by atoms with van der Waals surface area (Å²) < 4.78 is 34.2. The van der Waals surface area contributed by atoms with Gasteiger partial charge in [0.15, 0.2) is 5.58 Å². The summed E-state index contributed by atoms with van der Waals surface area (Å²) in [6, 6.07) is 11.3. The van der Waals surface area contributed by atoms with Crippen molar-refractivity contribution in [3.8, 4) is 5.75 Å². The molecule has 27 heavy (non-hydrogen) atoms. The molecule has 0 bridgehead atoms. The normalized spacial score (nSPS) is 11.1. The van der Waals surface area contributed by atoms with Gasteiger partial charge in [-0.3, -0.25) is 4.79 Å². The Labute approximate surface area is 163 Å². The van der Waals surface area contributed by atoms with Gasteiger partial charge in [0.25, 0.3) is 5.22 Å².